The predicted octanol–water partition coefficient (Wildman–Crippen LogP) is 2.40. The molecule has 0 aromatic carbocycles. The standard InChI is InChI=1S/C19H22NO4S2.CHF3O3S/c1-20(2)12-9-11(10-13(20)17-16(12)24-17)23-18(21)19(22,14-5-3-7-25-14)15-6-4-8-26-15;2-1(3,4)8(5,6)7/h3-8,11-13,16-17,22H,9-10H2,1-2H3;(H,5,6,7)/q+1;/p-1/t11?,12-,13-,16-,17+;/m1./s1. The minimum Gasteiger partial charge on any atom is -0.741 e. The van der Waals surface area contributed by atoms with E-state index < -0.39 is 27.2 Å². The molecule has 3 saturated heterocycles. The Bertz CT molecular complexity index is 1080. The Labute approximate surface area is 201 Å². The molecule has 1 unspecified atom stereocenters. The Kier molecular flexibility index (Phi) is 6.41. The number of fused-ring (bicyclic) bond motifs is 5. The Morgan fingerprint density at radius 2 is 1.56 bits per heavy atom. The molecule has 34 heavy (non-hydrogen) atoms. The minimum atomic E-state index is -6.09. The first-order valence-electron chi connectivity index (χ1n) is 10.2. The van der Waals surface area contributed by atoms with Gasteiger partial charge in [0, 0.05) is 12.8 Å². The molecule has 1 N–H and O–H groups in total. The molecule has 5 heterocycles. The number of thiophene rings is 2. The number of morpholine rings is 1. The lowest BCUT2D eigenvalue weighted by Gasteiger charge is -2.45. The van der Waals surface area contributed by atoms with Crippen molar-refractivity contribution in [1.82, 2.24) is 0 Å². The zero-order valence-electron chi connectivity index (χ0n) is 18.0. The minimum absolute atomic E-state index is 0.161. The van der Waals surface area contributed by atoms with Gasteiger partial charge in [-0.15, -0.1) is 22.7 Å². The van der Waals surface area contributed by atoms with Crippen LogP contribution in [-0.4, -0.2) is 78.5 Å². The third kappa shape index (κ3) is 4.40. The summed E-state index contributed by atoms with van der Waals surface area (Å²) in [4.78, 5) is 14.3. The van der Waals surface area contributed by atoms with Crippen LogP contribution in [0.25, 0.3) is 0 Å². The van der Waals surface area contributed by atoms with Crippen LogP contribution in [0.2, 0.25) is 0 Å². The number of nitrogens with zero attached hydrogens (tertiary/aromatic N) is 1. The van der Waals surface area contributed by atoms with Crippen LogP contribution in [0.4, 0.5) is 13.2 Å². The summed E-state index contributed by atoms with van der Waals surface area (Å²) < 4.78 is 71.5. The van der Waals surface area contributed by atoms with E-state index in [-0.39, 0.29) is 6.10 Å². The molecule has 3 aliphatic rings. The third-order valence-corrected chi connectivity index (χ3v) is 9.17. The number of ether oxygens (including phenoxy) is 2. The largest absolute Gasteiger partial charge is 0.741 e. The number of hydrogen-bond donors (Lipinski definition) is 1. The van der Waals surface area contributed by atoms with Gasteiger partial charge in [0.15, 0.2) is 10.1 Å². The van der Waals surface area contributed by atoms with Crippen molar-refractivity contribution in [2.24, 2.45) is 0 Å². The number of quaternary nitrogens is 1. The quantitative estimate of drug-likeness (QED) is 0.208. The molecule has 0 amide bonds. The molecule has 5 rings (SSSR count). The number of alkyl halides is 3. The molecule has 5 atom stereocenters. The first kappa shape index (κ1) is 25.5. The third-order valence-electron chi connectivity index (χ3n) is 6.65. The number of carbonyl (C=O) groups is 1. The number of halogens is 3. The van der Waals surface area contributed by atoms with Crippen LogP contribution < -0.4 is 0 Å². The molecule has 3 fully saturated rings. The highest BCUT2D eigenvalue weighted by Gasteiger charge is 2.71. The van der Waals surface area contributed by atoms with Gasteiger partial charge in [-0.3, -0.25) is 0 Å². The number of aliphatic hydroxyl groups is 1. The number of likely N-dealkylation sites (N-methyl/N-ethyl adjacent to an activating group) is 1. The average Bonchev–Trinajstić information content (AvgIpc) is 3.08. The fraction of sp³-hybridized carbons (Fsp3) is 0.550. The molecular weight excluding hydrogens is 519 g/mol. The summed E-state index contributed by atoms with van der Waals surface area (Å²) >= 11 is 2.74. The maximum absolute atomic E-state index is 13.1. The molecule has 2 bridgehead atoms. The number of esters is 1. The van der Waals surface area contributed by atoms with Gasteiger partial charge in [0.2, 0.25) is 5.60 Å². The summed E-state index contributed by atoms with van der Waals surface area (Å²) in [7, 11) is -1.60. The summed E-state index contributed by atoms with van der Waals surface area (Å²) in [6.07, 6.45) is 2.05. The molecule has 2 aromatic heterocycles. The highest BCUT2D eigenvalue weighted by Crippen LogP contribution is 2.52. The van der Waals surface area contributed by atoms with E-state index in [0.29, 0.717) is 34.0 Å². The van der Waals surface area contributed by atoms with Crippen LogP contribution in [0.3, 0.4) is 0 Å². The second-order valence-electron chi connectivity index (χ2n) is 8.89. The van der Waals surface area contributed by atoms with E-state index in [1.54, 1.807) is 12.1 Å². The van der Waals surface area contributed by atoms with E-state index in [0.717, 1.165) is 17.3 Å². The zero-order valence-corrected chi connectivity index (χ0v) is 20.4. The Hall–Kier alpha value is -1.55. The maximum Gasteiger partial charge on any atom is 0.485 e. The first-order valence-corrected chi connectivity index (χ1v) is 13.4. The smallest absolute Gasteiger partial charge is 0.485 e. The first-order chi connectivity index (χ1) is 15.7. The van der Waals surface area contributed by atoms with Gasteiger partial charge in [-0.1, -0.05) is 12.1 Å². The van der Waals surface area contributed by atoms with Crippen molar-refractivity contribution in [3.8, 4) is 0 Å². The Morgan fingerprint density at radius 3 is 1.91 bits per heavy atom. The summed E-state index contributed by atoms with van der Waals surface area (Å²) in [6, 6.07) is 8.01. The highest BCUT2D eigenvalue weighted by atomic mass is 32.2. The second-order valence-corrected chi connectivity index (χ2v) is 12.2. The molecule has 2 aromatic rings. The van der Waals surface area contributed by atoms with Gasteiger partial charge >= 0.3 is 11.5 Å². The van der Waals surface area contributed by atoms with Crippen molar-refractivity contribution >= 4 is 38.8 Å². The summed E-state index contributed by atoms with van der Waals surface area (Å²) in [5.41, 5.74) is -7.37. The molecule has 0 aliphatic carbocycles. The molecular formula is C20H22F3NO7S3. The van der Waals surface area contributed by atoms with Gasteiger partial charge in [0.25, 0.3) is 0 Å². The molecule has 0 spiro atoms. The highest BCUT2D eigenvalue weighted by molar-refractivity contribution is 7.86. The van der Waals surface area contributed by atoms with Gasteiger partial charge in [-0.2, -0.15) is 13.2 Å². The fourth-order valence-electron chi connectivity index (χ4n) is 4.83. The van der Waals surface area contributed by atoms with Crippen LogP contribution in [0.15, 0.2) is 35.0 Å². The van der Waals surface area contributed by atoms with Gasteiger partial charge in [0.05, 0.1) is 23.8 Å². The number of epoxide rings is 1. The van der Waals surface area contributed by atoms with E-state index in [1.807, 2.05) is 22.9 Å². The topological polar surface area (TPSA) is 116 Å². The van der Waals surface area contributed by atoms with E-state index in [4.69, 9.17) is 22.4 Å². The summed E-state index contributed by atoms with van der Waals surface area (Å²) in [5.74, 6) is -0.561. The van der Waals surface area contributed by atoms with Crippen molar-refractivity contribution in [2.75, 3.05) is 14.1 Å². The van der Waals surface area contributed by atoms with E-state index in [9.17, 15) is 23.1 Å². The Morgan fingerprint density at radius 1 is 1.12 bits per heavy atom. The van der Waals surface area contributed by atoms with Gasteiger partial charge in [-0.25, -0.2) is 13.2 Å². The maximum atomic E-state index is 13.1. The summed E-state index contributed by atoms with van der Waals surface area (Å²) in [6.45, 7) is 0. The predicted molar refractivity (Wildman–Crippen MR) is 115 cm³/mol. The van der Waals surface area contributed by atoms with E-state index >= 15 is 0 Å². The summed E-state index contributed by atoms with van der Waals surface area (Å²) in [5, 5.41) is 15.1. The fourth-order valence-corrected chi connectivity index (χ4v) is 6.54. The molecule has 0 saturated carbocycles. The molecule has 14 heteroatoms. The van der Waals surface area contributed by atoms with Gasteiger partial charge < -0.3 is 23.6 Å². The number of hydrogen-bond acceptors (Lipinski definition) is 9. The SMILES string of the molecule is C[N+]1(C)[C@@H]2CC(OC(=O)C(O)(c3cccs3)c3cccs3)C[C@@H]1[C@H]1O[C@H]12.O=S(=O)([O-])C(F)(F)F. The molecule has 8 nitrogen and oxygen atoms in total. The van der Waals surface area contributed by atoms with Crippen LogP contribution in [0.5, 0.6) is 0 Å². The lowest BCUT2D eigenvalue weighted by molar-refractivity contribution is -0.938. The van der Waals surface area contributed by atoms with Crippen molar-refractivity contribution in [3.05, 3.63) is 44.8 Å². The van der Waals surface area contributed by atoms with Crippen LogP contribution >= 0.6 is 22.7 Å². The van der Waals surface area contributed by atoms with E-state index in [2.05, 4.69) is 14.1 Å². The normalized spacial score (nSPS) is 29.6. The number of rotatable bonds is 4. The molecule has 0 radical (unpaired) electrons. The molecule has 188 valence electrons. The van der Waals surface area contributed by atoms with Crippen molar-refractivity contribution in [2.45, 2.75) is 54.3 Å². The van der Waals surface area contributed by atoms with Gasteiger partial charge in [-0.05, 0) is 22.9 Å². The second kappa shape index (κ2) is 8.54. The Balaban J connectivity index is 0.000000297. The van der Waals surface area contributed by atoms with Crippen LogP contribution in [0, 0.1) is 0 Å². The zero-order chi connectivity index (χ0) is 25.1. The lowest BCUT2D eigenvalue weighted by atomic mass is 9.95. The molecule has 3 aliphatic heterocycles. The van der Waals surface area contributed by atoms with Crippen LogP contribution in [0.1, 0.15) is 22.6 Å². The lowest BCUT2D eigenvalue weighted by Crippen LogP contribution is -2.60. The average molecular weight is 542 g/mol. The van der Waals surface area contributed by atoms with Crippen LogP contribution in [-0.2, 0) is 30.0 Å². The number of piperidine rings is 1. The van der Waals surface area contributed by atoms with Gasteiger partial charge in [0.1, 0.15) is 30.4 Å². The van der Waals surface area contributed by atoms with E-state index in [1.165, 1.54) is 22.7 Å². The van der Waals surface area contributed by atoms with Crippen molar-refractivity contribution in [3.63, 3.8) is 0 Å². The monoisotopic (exact) mass is 541 g/mol. The van der Waals surface area contributed by atoms with Crippen molar-refractivity contribution < 1.29 is 50.0 Å². The van der Waals surface area contributed by atoms with Crippen molar-refractivity contribution in [1.29, 1.82) is 0 Å². The number of carbonyl (C=O) groups excluding carboxylic acids is 1.